The van der Waals surface area contributed by atoms with Crippen LogP contribution in [0.25, 0.3) is 0 Å². The molecule has 0 saturated heterocycles. The molecule has 0 unspecified atom stereocenters. The van der Waals surface area contributed by atoms with Crippen molar-refractivity contribution in [3.63, 3.8) is 0 Å². The molecule has 0 heterocycles. The van der Waals surface area contributed by atoms with Gasteiger partial charge in [0.2, 0.25) is 0 Å². The Bertz CT molecular complexity index is 95.6. The summed E-state index contributed by atoms with van der Waals surface area (Å²) in [5.74, 6) is 0. The van der Waals surface area contributed by atoms with Crippen LogP contribution in [-0.2, 0) is 21.0 Å². The Morgan fingerprint density at radius 1 is 1.38 bits per heavy atom. The molecule has 8 heavy (non-hydrogen) atoms. The van der Waals surface area contributed by atoms with E-state index < -0.39 is 13.4 Å². The number of hydrogen-bond acceptors (Lipinski definition) is 4. The molecule has 0 aliphatic carbocycles. The van der Waals surface area contributed by atoms with E-state index in [1.54, 1.807) is 0 Å². The van der Waals surface area contributed by atoms with Crippen LogP contribution in [0.15, 0.2) is 0 Å². The van der Waals surface area contributed by atoms with Crippen LogP contribution in [-0.4, -0.2) is 9.67 Å². The van der Waals surface area contributed by atoms with Gasteiger partial charge in [-0.3, -0.25) is 0 Å². The fraction of sp³-hybridized carbons (Fsp3) is 0. The second-order valence-corrected chi connectivity index (χ2v) is 1.63. The summed E-state index contributed by atoms with van der Waals surface area (Å²) >= 11 is -5.38. The van der Waals surface area contributed by atoms with Gasteiger partial charge in [-0.25, -0.2) is 0 Å². The van der Waals surface area contributed by atoms with E-state index in [-0.39, 0.29) is 86.4 Å². The average Bonchev–Trinajstić information content (AvgIpc) is 0.722. The van der Waals surface area contributed by atoms with Gasteiger partial charge in [0.1, 0.15) is 0 Å². The summed E-state index contributed by atoms with van der Waals surface area (Å²) in [5, 5.41) is 0. The molecule has 2 N–H and O–H groups in total. The van der Waals surface area contributed by atoms with E-state index >= 15 is 0 Å². The van der Waals surface area contributed by atoms with Gasteiger partial charge in [0, 0.05) is 0 Å². The van der Waals surface area contributed by atoms with Gasteiger partial charge in [0.05, 0.1) is 0 Å². The first-order valence-corrected chi connectivity index (χ1v) is 2.61. The molecule has 0 fully saturated rings. The zero-order valence-electron chi connectivity index (χ0n) is 4.50. The Kier molecular flexibility index (Phi) is 27.0. The van der Waals surface area contributed by atoms with E-state index in [4.69, 9.17) is 16.0 Å². The molecular formula is H2KMnNaO5. The minimum absolute atomic E-state index is 0. The Labute approximate surface area is 113 Å². The van der Waals surface area contributed by atoms with Gasteiger partial charge in [0.25, 0.3) is 0 Å². The van der Waals surface area contributed by atoms with Crippen molar-refractivity contribution < 1.29 is 116 Å². The van der Waals surface area contributed by atoms with Gasteiger partial charge < -0.3 is 5.48 Å². The molecule has 0 aromatic carbocycles. The predicted octanol–water partition coefficient (Wildman–Crippen LogP) is -8.15. The zero-order chi connectivity index (χ0) is 4.50. The molecule has 0 aromatic heterocycles. The maximum atomic E-state index is 8.69. The van der Waals surface area contributed by atoms with E-state index in [0.29, 0.717) is 0 Å². The molecule has 0 radical (unpaired) electrons. The second-order valence-electron chi connectivity index (χ2n) is 0.396. The first kappa shape index (κ1) is 22.4. The predicted molar refractivity (Wildman–Crippen MR) is 5.53 cm³/mol. The summed E-state index contributed by atoms with van der Waals surface area (Å²) in [7, 11) is 0. The van der Waals surface area contributed by atoms with E-state index in [1.165, 1.54) is 0 Å². The zero-order valence-corrected chi connectivity index (χ0v) is 10.8. The second kappa shape index (κ2) is 9.64. The first-order valence-electron chi connectivity index (χ1n) is 0.632. The van der Waals surface area contributed by atoms with Gasteiger partial charge in [-0.05, 0) is 0 Å². The summed E-state index contributed by atoms with van der Waals surface area (Å²) in [6.45, 7) is 0. The standard InChI is InChI=1S/K.Mn.Na.2H2O.3O/h;;;2*1H2;;;/q3*+1;;;;;-1/p-2. The Hall–Kier alpha value is 2.64. The van der Waals surface area contributed by atoms with Crippen molar-refractivity contribution in [3.8, 4) is 0 Å². The normalized spacial score (nSPS) is 7.25. The molecule has 0 atom stereocenters. The molecule has 0 rings (SSSR count). The molecule has 5 nitrogen and oxygen atoms in total. The Balaban J connectivity index is -0.0000000267. The maximum absolute atomic E-state index is 8.69. The fourth-order valence-electron chi connectivity index (χ4n) is 0. The molecule has 0 aliphatic rings. The van der Waals surface area contributed by atoms with E-state index in [1.807, 2.05) is 0 Å². The van der Waals surface area contributed by atoms with Crippen molar-refractivity contribution in [3.05, 3.63) is 0 Å². The summed E-state index contributed by atoms with van der Waals surface area (Å²) in [6, 6.07) is 0. The molecule has 0 bridgehead atoms. The van der Waals surface area contributed by atoms with Gasteiger partial charge in [-0.2, -0.15) is 0 Å². The fourth-order valence-corrected chi connectivity index (χ4v) is 0. The first-order chi connectivity index (χ1) is 2.00. The summed E-state index contributed by atoms with van der Waals surface area (Å²) in [4.78, 5) is 0. The molecule has 41 valence electrons. The average molecular weight is 199 g/mol. The quantitative estimate of drug-likeness (QED) is 0.390. The molecule has 0 spiro atoms. The molecule has 0 aromatic rings. The molecule has 0 saturated carbocycles. The van der Waals surface area contributed by atoms with Crippen molar-refractivity contribution >= 4 is 0 Å². The van der Waals surface area contributed by atoms with Gasteiger partial charge in [-0.15, -0.1) is 0 Å². The van der Waals surface area contributed by atoms with Crippen LogP contribution >= 0.6 is 0 Å². The number of hydrogen-bond donors (Lipinski definition) is 1. The van der Waals surface area contributed by atoms with Crippen LogP contribution in [0.5, 0.6) is 0 Å². The van der Waals surface area contributed by atoms with E-state index in [0.717, 1.165) is 0 Å². The molecular weight excluding hydrogens is 197 g/mol. The van der Waals surface area contributed by atoms with Gasteiger partial charge >= 0.3 is 110 Å². The van der Waals surface area contributed by atoms with Gasteiger partial charge in [0.15, 0.2) is 0 Å². The van der Waals surface area contributed by atoms with Crippen LogP contribution in [0.3, 0.4) is 0 Å². The Morgan fingerprint density at radius 2 is 1.38 bits per heavy atom. The summed E-state index contributed by atoms with van der Waals surface area (Å²) in [5.41, 5.74) is 0. The summed E-state index contributed by atoms with van der Waals surface area (Å²) in [6.07, 6.45) is 0. The van der Waals surface area contributed by atoms with Crippen molar-refractivity contribution in [2.75, 3.05) is 0 Å². The monoisotopic (exact) mass is 199 g/mol. The van der Waals surface area contributed by atoms with Crippen molar-refractivity contribution in [1.29, 1.82) is 0 Å². The third-order valence-corrected chi connectivity index (χ3v) is 0. The minimum atomic E-state index is -5.38. The number of rotatable bonds is 0. The van der Waals surface area contributed by atoms with Crippen LogP contribution in [0.1, 0.15) is 0 Å². The van der Waals surface area contributed by atoms with Crippen molar-refractivity contribution in [2.45, 2.75) is 0 Å². The van der Waals surface area contributed by atoms with Gasteiger partial charge in [-0.1, -0.05) is 0 Å². The van der Waals surface area contributed by atoms with Crippen LogP contribution in [0, 0.1) is 0 Å². The van der Waals surface area contributed by atoms with Crippen LogP contribution < -0.4 is 85.1 Å². The summed E-state index contributed by atoms with van der Waals surface area (Å²) < 4.78 is 33.1. The van der Waals surface area contributed by atoms with E-state index in [2.05, 4.69) is 0 Å². The third-order valence-electron chi connectivity index (χ3n) is 0. The van der Waals surface area contributed by atoms with Crippen molar-refractivity contribution in [1.82, 2.24) is 0 Å². The topological polar surface area (TPSA) is 107 Å². The van der Waals surface area contributed by atoms with E-state index in [9.17, 15) is 0 Å². The van der Waals surface area contributed by atoms with Crippen molar-refractivity contribution in [2.24, 2.45) is 0 Å². The Morgan fingerprint density at radius 3 is 1.38 bits per heavy atom. The van der Waals surface area contributed by atoms with Crippen LogP contribution in [0.4, 0.5) is 0 Å². The molecule has 0 amide bonds. The molecule has 8 heteroatoms. The third kappa shape index (κ3) is 72.5. The SMILES string of the molecule is [K+].[Na+].[OH-].[O]=[Mn](=[O])([O-])[OH]. The molecule has 0 aliphatic heterocycles. The van der Waals surface area contributed by atoms with Crippen LogP contribution in [0.2, 0.25) is 0 Å².